The molecule has 1 aromatic rings. The largest absolute Gasteiger partial charge is 0.330 e. The Kier molecular flexibility index (Phi) is 4.08. The molecular weight excluding hydrogens is 220 g/mol. The summed E-state index contributed by atoms with van der Waals surface area (Å²) >= 11 is 0. The third kappa shape index (κ3) is 2.45. The lowest BCUT2D eigenvalue weighted by Gasteiger charge is -2.31. The smallest absolute Gasteiger partial charge is 0.0391 e. The first-order chi connectivity index (χ1) is 8.54. The van der Waals surface area contributed by atoms with Crippen LogP contribution in [0.25, 0.3) is 0 Å². The zero-order valence-electron chi connectivity index (χ0n) is 12.1. The Morgan fingerprint density at radius 3 is 2.56 bits per heavy atom. The minimum atomic E-state index is 0.509. The summed E-state index contributed by atoms with van der Waals surface area (Å²) in [6.07, 6.45) is 1.23. The highest BCUT2D eigenvalue weighted by molar-refractivity contribution is 5.32. The molecule has 0 amide bonds. The highest BCUT2D eigenvalue weighted by Gasteiger charge is 2.35. The molecule has 1 aliphatic heterocycles. The van der Waals surface area contributed by atoms with Crippen molar-refractivity contribution in [2.24, 2.45) is 11.7 Å². The Morgan fingerprint density at radius 2 is 2.00 bits per heavy atom. The van der Waals surface area contributed by atoms with Crippen LogP contribution in [0.1, 0.15) is 43.0 Å². The van der Waals surface area contributed by atoms with Gasteiger partial charge in [-0.3, -0.25) is 4.90 Å². The maximum absolute atomic E-state index is 5.97. The Morgan fingerprint density at radius 1 is 1.28 bits per heavy atom. The number of hydrogen-bond donors (Lipinski definition) is 1. The summed E-state index contributed by atoms with van der Waals surface area (Å²) < 4.78 is 0. The first kappa shape index (κ1) is 13.6. The number of benzene rings is 1. The average molecular weight is 246 g/mol. The molecular formula is C16H26N2. The minimum absolute atomic E-state index is 0.509. The van der Waals surface area contributed by atoms with Gasteiger partial charge in [-0.1, -0.05) is 18.2 Å². The summed E-state index contributed by atoms with van der Waals surface area (Å²) in [7, 11) is 0. The van der Waals surface area contributed by atoms with Crippen molar-refractivity contribution in [3.8, 4) is 0 Å². The highest BCUT2D eigenvalue weighted by atomic mass is 15.2. The van der Waals surface area contributed by atoms with E-state index in [9.17, 15) is 0 Å². The first-order valence-corrected chi connectivity index (χ1v) is 7.07. The third-order valence-corrected chi connectivity index (χ3v) is 4.40. The zero-order chi connectivity index (χ0) is 13.3. The van der Waals surface area contributed by atoms with Crippen molar-refractivity contribution in [2.45, 2.75) is 46.2 Å². The second kappa shape index (κ2) is 5.41. The van der Waals surface area contributed by atoms with Crippen LogP contribution >= 0.6 is 0 Å². The quantitative estimate of drug-likeness (QED) is 0.888. The van der Waals surface area contributed by atoms with Crippen LogP contribution in [0.3, 0.4) is 0 Å². The molecule has 100 valence electrons. The van der Waals surface area contributed by atoms with Gasteiger partial charge in [-0.05, 0) is 69.8 Å². The Balaban J connectivity index is 2.34. The fourth-order valence-corrected chi connectivity index (χ4v) is 3.12. The van der Waals surface area contributed by atoms with Crippen molar-refractivity contribution >= 4 is 0 Å². The SMILES string of the molecule is Cc1ccc(C2C(CN)CCN2C(C)C)cc1C. The monoisotopic (exact) mass is 246 g/mol. The van der Waals surface area contributed by atoms with E-state index in [0.717, 1.165) is 6.54 Å². The van der Waals surface area contributed by atoms with E-state index in [1.165, 1.54) is 29.7 Å². The van der Waals surface area contributed by atoms with Crippen LogP contribution < -0.4 is 5.73 Å². The van der Waals surface area contributed by atoms with Gasteiger partial charge >= 0.3 is 0 Å². The number of aryl methyl sites for hydroxylation is 2. The second-order valence-electron chi connectivity index (χ2n) is 5.90. The molecule has 0 spiro atoms. The van der Waals surface area contributed by atoms with Gasteiger partial charge in [0.2, 0.25) is 0 Å². The zero-order valence-corrected chi connectivity index (χ0v) is 12.1. The first-order valence-electron chi connectivity index (χ1n) is 7.07. The lowest BCUT2D eigenvalue weighted by atomic mass is 9.91. The molecule has 0 aromatic heterocycles. The summed E-state index contributed by atoms with van der Waals surface area (Å²) in [5.41, 5.74) is 10.2. The molecule has 2 rings (SSSR count). The van der Waals surface area contributed by atoms with Gasteiger partial charge in [0.1, 0.15) is 0 Å². The minimum Gasteiger partial charge on any atom is -0.330 e. The summed E-state index contributed by atoms with van der Waals surface area (Å²) in [6.45, 7) is 10.9. The van der Waals surface area contributed by atoms with E-state index < -0.39 is 0 Å². The van der Waals surface area contributed by atoms with Gasteiger partial charge in [-0.15, -0.1) is 0 Å². The van der Waals surface area contributed by atoms with Gasteiger partial charge < -0.3 is 5.73 Å². The topological polar surface area (TPSA) is 29.3 Å². The molecule has 0 bridgehead atoms. The number of hydrogen-bond acceptors (Lipinski definition) is 2. The predicted octanol–water partition coefficient (Wildman–Crippen LogP) is 3.03. The molecule has 1 heterocycles. The Labute approximate surface area is 111 Å². The van der Waals surface area contributed by atoms with Crippen molar-refractivity contribution in [1.29, 1.82) is 0 Å². The molecule has 2 unspecified atom stereocenters. The molecule has 2 N–H and O–H groups in total. The second-order valence-corrected chi connectivity index (χ2v) is 5.90. The van der Waals surface area contributed by atoms with Crippen LogP contribution in [-0.2, 0) is 0 Å². The number of nitrogens with zero attached hydrogens (tertiary/aromatic N) is 1. The fourth-order valence-electron chi connectivity index (χ4n) is 3.12. The van der Waals surface area contributed by atoms with Crippen molar-refractivity contribution in [2.75, 3.05) is 13.1 Å². The van der Waals surface area contributed by atoms with E-state index in [4.69, 9.17) is 5.73 Å². The van der Waals surface area contributed by atoms with Crippen molar-refractivity contribution in [1.82, 2.24) is 4.90 Å². The van der Waals surface area contributed by atoms with Crippen molar-refractivity contribution in [3.05, 3.63) is 34.9 Å². The molecule has 1 fully saturated rings. The van der Waals surface area contributed by atoms with E-state index in [2.05, 4.69) is 50.8 Å². The van der Waals surface area contributed by atoms with E-state index in [-0.39, 0.29) is 0 Å². The summed E-state index contributed by atoms with van der Waals surface area (Å²) in [4.78, 5) is 2.60. The van der Waals surface area contributed by atoms with Crippen LogP contribution in [0.4, 0.5) is 0 Å². The van der Waals surface area contributed by atoms with Gasteiger partial charge in [-0.25, -0.2) is 0 Å². The van der Waals surface area contributed by atoms with Gasteiger partial charge in [0.05, 0.1) is 0 Å². The molecule has 18 heavy (non-hydrogen) atoms. The van der Waals surface area contributed by atoms with Crippen LogP contribution in [-0.4, -0.2) is 24.0 Å². The molecule has 2 nitrogen and oxygen atoms in total. The molecule has 2 atom stereocenters. The normalized spacial score (nSPS) is 25.0. The lowest BCUT2D eigenvalue weighted by molar-refractivity contribution is 0.184. The van der Waals surface area contributed by atoms with E-state index >= 15 is 0 Å². The van der Waals surface area contributed by atoms with E-state index in [0.29, 0.717) is 18.0 Å². The van der Waals surface area contributed by atoms with Gasteiger partial charge in [0.15, 0.2) is 0 Å². The number of nitrogens with two attached hydrogens (primary N) is 1. The van der Waals surface area contributed by atoms with Gasteiger partial charge in [0.25, 0.3) is 0 Å². The fraction of sp³-hybridized carbons (Fsp3) is 0.625. The van der Waals surface area contributed by atoms with Crippen molar-refractivity contribution in [3.63, 3.8) is 0 Å². The number of likely N-dealkylation sites (tertiary alicyclic amines) is 1. The van der Waals surface area contributed by atoms with Crippen LogP contribution in [0.5, 0.6) is 0 Å². The molecule has 1 aromatic carbocycles. The average Bonchev–Trinajstić information content (AvgIpc) is 2.76. The van der Waals surface area contributed by atoms with E-state index in [1.807, 2.05) is 0 Å². The highest BCUT2D eigenvalue weighted by Crippen LogP contribution is 2.38. The summed E-state index contributed by atoms with van der Waals surface area (Å²) in [6, 6.07) is 7.98. The molecule has 2 heteroatoms. The maximum Gasteiger partial charge on any atom is 0.0391 e. The predicted molar refractivity (Wildman–Crippen MR) is 77.7 cm³/mol. The van der Waals surface area contributed by atoms with Crippen molar-refractivity contribution < 1.29 is 0 Å². The molecule has 1 saturated heterocycles. The standard InChI is InChI=1S/C16H26N2/c1-11(2)18-8-7-15(10-17)16(18)14-6-5-12(3)13(4)9-14/h5-6,9,11,15-16H,7-8,10,17H2,1-4H3. The van der Waals surface area contributed by atoms with Gasteiger partial charge in [0, 0.05) is 12.1 Å². The van der Waals surface area contributed by atoms with Crippen LogP contribution in [0.15, 0.2) is 18.2 Å². The third-order valence-electron chi connectivity index (χ3n) is 4.40. The van der Waals surface area contributed by atoms with E-state index in [1.54, 1.807) is 0 Å². The lowest BCUT2D eigenvalue weighted by Crippen LogP contribution is -2.33. The van der Waals surface area contributed by atoms with Crippen LogP contribution in [0.2, 0.25) is 0 Å². The summed E-state index contributed by atoms with van der Waals surface area (Å²) in [5.74, 6) is 0.606. The Bertz CT molecular complexity index is 412. The maximum atomic E-state index is 5.97. The Hall–Kier alpha value is -0.860. The molecule has 1 aliphatic rings. The molecule has 0 radical (unpaired) electrons. The van der Waals surface area contributed by atoms with Gasteiger partial charge in [-0.2, -0.15) is 0 Å². The number of rotatable bonds is 3. The molecule has 0 aliphatic carbocycles. The molecule has 0 saturated carbocycles. The summed E-state index contributed by atoms with van der Waals surface area (Å²) in [5, 5.41) is 0. The van der Waals surface area contributed by atoms with Crippen LogP contribution in [0, 0.1) is 19.8 Å².